The van der Waals surface area contributed by atoms with E-state index in [0.717, 1.165) is 33.8 Å². The lowest BCUT2D eigenvalue weighted by atomic mass is 10.0. The molecule has 152 valence electrons. The Morgan fingerprint density at radius 3 is 2.60 bits per heavy atom. The molecular weight excluding hydrogens is 376 g/mol. The van der Waals surface area contributed by atoms with Crippen LogP contribution in [0.3, 0.4) is 0 Å². The molecule has 0 aliphatic rings. The molecule has 0 bridgehead atoms. The summed E-state index contributed by atoms with van der Waals surface area (Å²) in [4.78, 5) is 17.7. The summed E-state index contributed by atoms with van der Waals surface area (Å²) in [6, 6.07) is 17.7. The van der Waals surface area contributed by atoms with Crippen LogP contribution in [0.5, 0.6) is 5.75 Å². The van der Waals surface area contributed by atoms with Crippen molar-refractivity contribution in [1.82, 2.24) is 14.8 Å². The maximum atomic E-state index is 13.2. The summed E-state index contributed by atoms with van der Waals surface area (Å²) in [5, 5.41) is 8.23. The molecule has 0 radical (unpaired) electrons. The number of nitrogens with zero attached hydrogens (tertiary/aromatic N) is 3. The summed E-state index contributed by atoms with van der Waals surface area (Å²) < 4.78 is 7.23. The largest absolute Gasteiger partial charge is 0.496 e. The van der Waals surface area contributed by atoms with E-state index in [1.54, 1.807) is 17.9 Å². The summed E-state index contributed by atoms with van der Waals surface area (Å²) in [5.41, 5.74) is 5.74. The number of hydrogen-bond acceptors (Lipinski definition) is 4. The van der Waals surface area contributed by atoms with Crippen LogP contribution in [0.1, 0.15) is 32.9 Å². The Balaban J connectivity index is 1.67. The topological polar surface area (TPSA) is 69.0 Å². The zero-order valence-electron chi connectivity index (χ0n) is 17.6. The highest BCUT2D eigenvalue weighted by atomic mass is 16.5. The Kier molecular flexibility index (Phi) is 5.23. The number of carbonyl (C=O) groups is 1. The van der Waals surface area contributed by atoms with Crippen molar-refractivity contribution in [2.24, 2.45) is 7.05 Å². The molecule has 4 rings (SSSR count). The Bertz CT molecular complexity index is 1230. The van der Waals surface area contributed by atoms with E-state index in [9.17, 15) is 4.79 Å². The fourth-order valence-electron chi connectivity index (χ4n) is 3.76. The van der Waals surface area contributed by atoms with Gasteiger partial charge in [-0.3, -0.25) is 9.48 Å². The van der Waals surface area contributed by atoms with E-state index in [0.29, 0.717) is 17.6 Å². The molecule has 1 N–H and O–H groups in total. The van der Waals surface area contributed by atoms with Gasteiger partial charge in [0.2, 0.25) is 0 Å². The van der Waals surface area contributed by atoms with Gasteiger partial charge in [0.25, 0.3) is 5.91 Å². The summed E-state index contributed by atoms with van der Waals surface area (Å²) in [6.07, 6.45) is 0.716. The first-order valence-electron chi connectivity index (χ1n) is 9.79. The van der Waals surface area contributed by atoms with Crippen LogP contribution in [0.25, 0.3) is 11.0 Å². The van der Waals surface area contributed by atoms with Gasteiger partial charge in [0.05, 0.1) is 23.8 Å². The van der Waals surface area contributed by atoms with Crippen LogP contribution >= 0.6 is 0 Å². The Morgan fingerprint density at radius 1 is 1.10 bits per heavy atom. The van der Waals surface area contributed by atoms with Gasteiger partial charge in [0.1, 0.15) is 5.75 Å². The van der Waals surface area contributed by atoms with Crippen molar-refractivity contribution in [1.29, 1.82) is 0 Å². The zero-order chi connectivity index (χ0) is 21.3. The quantitative estimate of drug-likeness (QED) is 0.538. The molecular formula is C24H24N4O2. The van der Waals surface area contributed by atoms with Gasteiger partial charge in [0.15, 0.2) is 5.65 Å². The van der Waals surface area contributed by atoms with Crippen LogP contribution in [0.15, 0.2) is 54.6 Å². The second-order valence-electron chi connectivity index (χ2n) is 7.36. The second kappa shape index (κ2) is 7.99. The van der Waals surface area contributed by atoms with E-state index in [2.05, 4.69) is 27.5 Å². The smallest absolute Gasteiger partial charge is 0.256 e. The number of rotatable bonds is 5. The summed E-state index contributed by atoms with van der Waals surface area (Å²) in [7, 11) is 3.49. The molecule has 6 nitrogen and oxygen atoms in total. The molecule has 2 aromatic heterocycles. The minimum Gasteiger partial charge on any atom is -0.496 e. The van der Waals surface area contributed by atoms with Crippen molar-refractivity contribution in [2.75, 3.05) is 12.4 Å². The maximum Gasteiger partial charge on any atom is 0.256 e. The number of benzene rings is 2. The van der Waals surface area contributed by atoms with Crippen molar-refractivity contribution in [2.45, 2.75) is 20.3 Å². The average molecular weight is 400 g/mol. The monoisotopic (exact) mass is 400 g/mol. The van der Waals surface area contributed by atoms with Crippen LogP contribution < -0.4 is 10.1 Å². The molecule has 6 heteroatoms. The number of carbonyl (C=O) groups excluding carboxylic acids is 1. The van der Waals surface area contributed by atoms with Crippen molar-refractivity contribution in [3.8, 4) is 5.75 Å². The van der Waals surface area contributed by atoms with E-state index in [4.69, 9.17) is 4.74 Å². The van der Waals surface area contributed by atoms with Gasteiger partial charge in [-0.1, -0.05) is 30.3 Å². The highest BCUT2D eigenvalue weighted by molar-refractivity contribution is 6.12. The molecule has 0 aliphatic heterocycles. The molecule has 0 saturated heterocycles. The van der Waals surface area contributed by atoms with Crippen molar-refractivity contribution in [3.63, 3.8) is 0 Å². The normalized spacial score (nSPS) is 10.9. The molecule has 0 saturated carbocycles. The molecule has 0 aliphatic carbocycles. The fraction of sp³-hybridized carbons (Fsp3) is 0.208. The molecule has 0 unspecified atom stereocenters. The van der Waals surface area contributed by atoms with Gasteiger partial charge < -0.3 is 10.1 Å². The van der Waals surface area contributed by atoms with Gasteiger partial charge in [-0.2, -0.15) is 5.10 Å². The Labute approximate surface area is 175 Å². The van der Waals surface area contributed by atoms with E-state index in [1.807, 2.05) is 57.3 Å². The van der Waals surface area contributed by atoms with E-state index in [-0.39, 0.29) is 5.91 Å². The highest BCUT2D eigenvalue weighted by Crippen LogP contribution is 2.27. The number of aryl methyl sites for hydroxylation is 3. The van der Waals surface area contributed by atoms with Crippen LogP contribution in [0.2, 0.25) is 0 Å². The lowest BCUT2D eigenvalue weighted by molar-refractivity contribution is 0.102. The predicted molar refractivity (Wildman–Crippen MR) is 118 cm³/mol. The third-order valence-corrected chi connectivity index (χ3v) is 5.12. The lowest BCUT2D eigenvalue weighted by Gasteiger charge is -2.13. The SMILES string of the molecule is COc1ccc(NC(=O)c2cc(C)nc3c2c(C)nn3C)cc1Cc1ccccc1. The maximum absolute atomic E-state index is 13.2. The number of anilines is 1. The number of pyridine rings is 1. The molecule has 0 fully saturated rings. The molecule has 2 aromatic carbocycles. The Hall–Kier alpha value is -3.67. The number of methoxy groups -OCH3 is 1. The molecule has 4 aromatic rings. The number of ether oxygens (including phenoxy) is 1. The summed E-state index contributed by atoms with van der Waals surface area (Å²) in [5.74, 6) is 0.611. The summed E-state index contributed by atoms with van der Waals surface area (Å²) in [6.45, 7) is 3.77. The first-order chi connectivity index (χ1) is 14.5. The van der Waals surface area contributed by atoms with Gasteiger partial charge in [-0.05, 0) is 43.7 Å². The van der Waals surface area contributed by atoms with Crippen LogP contribution in [-0.2, 0) is 13.5 Å². The molecule has 2 heterocycles. The second-order valence-corrected chi connectivity index (χ2v) is 7.36. The fourth-order valence-corrected chi connectivity index (χ4v) is 3.76. The molecule has 0 atom stereocenters. The summed E-state index contributed by atoms with van der Waals surface area (Å²) >= 11 is 0. The van der Waals surface area contributed by atoms with Crippen LogP contribution in [-0.4, -0.2) is 27.8 Å². The van der Waals surface area contributed by atoms with E-state index in [1.165, 1.54) is 5.56 Å². The first kappa shape index (κ1) is 19.6. The van der Waals surface area contributed by atoms with Crippen molar-refractivity contribution in [3.05, 3.63) is 82.7 Å². The van der Waals surface area contributed by atoms with E-state index >= 15 is 0 Å². The molecule has 0 spiro atoms. The number of nitrogens with one attached hydrogen (secondary N) is 1. The van der Waals surface area contributed by atoms with Crippen molar-refractivity contribution >= 4 is 22.6 Å². The predicted octanol–water partition coefficient (Wildman–Crippen LogP) is 4.44. The Morgan fingerprint density at radius 2 is 1.87 bits per heavy atom. The lowest BCUT2D eigenvalue weighted by Crippen LogP contribution is -2.13. The number of fused-ring (bicyclic) bond motifs is 1. The van der Waals surface area contributed by atoms with Gasteiger partial charge in [0, 0.05) is 30.4 Å². The number of amides is 1. The third kappa shape index (κ3) is 3.76. The minimum atomic E-state index is -0.183. The number of hydrogen-bond donors (Lipinski definition) is 1. The number of aromatic nitrogens is 3. The molecule has 30 heavy (non-hydrogen) atoms. The van der Waals surface area contributed by atoms with Crippen molar-refractivity contribution < 1.29 is 9.53 Å². The minimum absolute atomic E-state index is 0.183. The van der Waals surface area contributed by atoms with Gasteiger partial charge in [-0.25, -0.2) is 4.98 Å². The van der Waals surface area contributed by atoms with Gasteiger partial charge >= 0.3 is 0 Å². The first-order valence-corrected chi connectivity index (χ1v) is 9.79. The van der Waals surface area contributed by atoms with Crippen LogP contribution in [0, 0.1) is 13.8 Å². The van der Waals surface area contributed by atoms with Gasteiger partial charge in [-0.15, -0.1) is 0 Å². The zero-order valence-corrected chi connectivity index (χ0v) is 17.6. The average Bonchev–Trinajstić information content (AvgIpc) is 3.02. The highest BCUT2D eigenvalue weighted by Gasteiger charge is 2.18. The van der Waals surface area contributed by atoms with Crippen LogP contribution in [0.4, 0.5) is 5.69 Å². The molecule has 1 amide bonds. The standard InChI is InChI=1S/C24H24N4O2/c1-15-12-20(22-16(2)27-28(3)23(22)25-15)24(29)26-19-10-11-21(30-4)18(14-19)13-17-8-6-5-7-9-17/h5-12,14H,13H2,1-4H3,(H,26,29). The van der Waals surface area contributed by atoms with E-state index < -0.39 is 0 Å². The third-order valence-electron chi connectivity index (χ3n) is 5.12.